The summed E-state index contributed by atoms with van der Waals surface area (Å²) in [6.45, 7) is 11.0. The molecule has 0 aliphatic carbocycles. The number of fused-ring (bicyclic) bond motifs is 1. The summed E-state index contributed by atoms with van der Waals surface area (Å²) in [5.74, 6) is 1.02. The third kappa shape index (κ3) is 4.72. The summed E-state index contributed by atoms with van der Waals surface area (Å²) in [4.78, 5) is 18.4. The molecule has 8 heteroatoms. The van der Waals surface area contributed by atoms with E-state index in [4.69, 9.17) is 4.74 Å². The van der Waals surface area contributed by atoms with Crippen LogP contribution in [0.1, 0.15) is 49.7 Å². The lowest BCUT2D eigenvalue weighted by atomic mass is 9.87. The van der Waals surface area contributed by atoms with Gasteiger partial charge in [0.15, 0.2) is 0 Å². The van der Waals surface area contributed by atoms with Crippen molar-refractivity contribution in [3.8, 4) is 5.75 Å². The molecule has 0 atom stereocenters. The Morgan fingerprint density at radius 3 is 2.71 bits per heavy atom. The van der Waals surface area contributed by atoms with Crippen LogP contribution in [0.5, 0.6) is 5.75 Å². The van der Waals surface area contributed by atoms with Crippen LogP contribution < -0.4 is 10.1 Å². The fourth-order valence-electron chi connectivity index (χ4n) is 2.68. The number of amides is 1. The number of hydrogen-bond donors (Lipinski definition) is 1. The lowest BCUT2D eigenvalue weighted by Gasteiger charge is -2.20. The summed E-state index contributed by atoms with van der Waals surface area (Å²) in [7, 11) is 0. The quantitative estimate of drug-likeness (QED) is 0.504. The number of thiazole rings is 1. The predicted octanol–water partition coefficient (Wildman–Crippen LogP) is 5.27. The number of carbonyl (C=O) groups is 1. The summed E-state index contributed by atoms with van der Waals surface area (Å²) in [5.41, 5.74) is 2.37. The van der Waals surface area contributed by atoms with Gasteiger partial charge < -0.3 is 4.74 Å². The molecule has 1 amide bonds. The first kappa shape index (κ1) is 20.8. The molecule has 0 saturated carbocycles. The molecule has 0 spiro atoms. The Balaban J connectivity index is 1.47. The fraction of sp³-hybridized carbons (Fsp3) is 0.450. The molecule has 0 unspecified atom stereocenters. The second-order valence-corrected chi connectivity index (χ2v) is 9.80. The molecule has 1 aromatic carbocycles. The zero-order valence-corrected chi connectivity index (χ0v) is 19.2. The Hall–Kier alpha value is -1.93. The summed E-state index contributed by atoms with van der Waals surface area (Å²) in [6.07, 6.45) is 0.961. The van der Waals surface area contributed by atoms with E-state index in [1.54, 1.807) is 15.9 Å². The predicted molar refractivity (Wildman–Crippen MR) is 117 cm³/mol. The topological polar surface area (TPSA) is 68.5 Å². The number of hydrogen-bond acceptors (Lipinski definition) is 5. The van der Waals surface area contributed by atoms with Crippen molar-refractivity contribution in [2.45, 2.75) is 52.9 Å². The molecule has 0 saturated heterocycles. The highest BCUT2D eigenvalue weighted by Gasteiger charge is 2.16. The molecule has 2 aromatic heterocycles. The van der Waals surface area contributed by atoms with Gasteiger partial charge >= 0.3 is 0 Å². The van der Waals surface area contributed by atoms with E-state index in [9.17, 15) is 4.79 Å². The van der Waals surface area contributed by atoms with Crippen molar-refractivity contribution in [1.29, 1.82) is 0 Å². The Morgan fingerprint density at radius 2 is 2.07 bits per heavy atom. The number of anilines is 1. The van der Waals surface area contributed by atoms with Crippen LogP contribution in [0.15, 0.2) is 22.7 Å². The molecule has 3 aromatic rings. The maximum atomic E-state index is 12.1. The maximum absolute atomic E-state index is 12.1. The van der Waals surface area contributed by atoms with Crippen molar-refractivity contribution in [2.24, 2.45) is 0 Å². The average molecular weight is 465 g/mol. The molecule has 0 fully saturated rings. The zero-order valence-electron chi connectivity index (χ0n) is 16.8. The third-order valence-electron chi connectivity index (χ3n) is 4.50. The highest BCUT2D eigenvalue weighted by Crippen LogP contribution is 2.31. The standard InChI is InChI=1S/C20H25BrN4O2S/c1-12-13(2)28-19-23-18(24-25(12)19)22-17(26)7-6-10-27-16-9-8-14(11-15(16)21)20(3,4)5/h8-9,11H,6-7,10H2,1-5H3,(H,22,24,26). The maximum Gasteiger partial charge on any atom is 0.250 e. The van der Waals surface area contributed by atoms with E-state index in [-0.39, 0.29) is 11.3 Å². The molecule has 3 rings (SSSR count). The molecule has 0 aliphatic rings. The molecular formula is C20H25BrN4O2S. The van der Waals surface area contributed by atoms with Gasteiger partial charge in [0, 0.05) is 11.3 Å². The van der Waals surface area contributed by atoms with Gasteiger partial charge in [-0.05, 0) is 59.3 Å². The van der Waals surface area contributed by atoms with Crippen LogP contribution in [0.25, 0.3) is 4.96 Å². The lowest BCUT2D eigenvalue weighted by Crippen LogP contribution is -2.14. The molecule has 28 heavy (non-hydrogen) atoms. The average Bonchev–Trinajstić information content (AvgIpc) is 3.10. The third-order valence-corrected chi connectivity index (χ3v) is 6.17. The minimum Gasteiger partial charge on any atom is -0.492 e. The van der Waals surface area contributed by atoms with Gasteiger partial charge in [0.1, 0.15) is 5.75 Å². The van der Waals surface area contributed by atoms with E-state index < -0.39 is 0 Å². The first-order valence-electron chi connectivity index (χ1n) is 9.20. The molecule has 150 valence electrons. The number of halogens is 1. The van der Waals surface area contributed by atoms with E-state index in [2.05, 4.69) is 64.2 Å². The Labute approximate surface area is 177 Å². The van der Waals surface area contributed by atoms with Crippen LogP contribution in [-0.2, 0) is 10.2 Å². The van der Waals surface area contributed by atoms with E-state index in [0.29, 0.717) is 25.4 Å². The van der Waals surface area contributed by atoms with Gasteiger partial charge in [-0.3, -0.25) is 10.1 Å². The second kappa shape index (κ2) is 8.21. The summed E-state index contributed by atoms with van der Waals surface area (Å²) in [6, 6.07) is 6.13. The van der Waals surface area contributed by atoms with Crippen molar-refractivity contribution >= 4 is 44.1 Å². The zero-order chi connectivity index (χ0) is 20.5. The number of ether oxygens (including phenoxy) is 1. The monoisotopic (exact) mass is 464 g/mol. The van der Waals surface area contributed by atoms with Gasteiger partial charge in [-0.1, -0.05) is 38.2 Å². The Morgan fingerprint density at radius 1 is 1.32 bits per heavy atom. The van der Waals surface area contributed by atoms with Crippen LogP contribution in [0.4, 0.5) is 5.95 Å². The lowest BCUT2D eigenvalue weighted by molar-refractivity contribution is -0.116. The number of aryl methyl sites for hydroxylation is 2. The van der Waals surface area contributed by atoms with Crippen LogP contribution in [0.3, 0.4) is 0 Å². The minimum atomic E-state index is -0.113. The molecule has 0 bridgehead atoms. The SMILES string of the molecule is Cc1sc2nc(NC(=O)CCCOc3ccc(C(C)(C)C)cc3Br)nn2c1C. The van der Waals surface area contributed by atoms with Gasteiger partial charge in [-0.2, -0.15) is 4.98 Å². The fourth-order valence-corrected chi connectivity index (χ4v) is 4.08. The number of aromatic nitrogens is 3. The summed E-state index contributed by atoms with van der Waals surface area (Å²) in [5, 5.41) is 7.09. The first-order chi connectivity index (χ1) is 13.1. The van der Waals surface area contributed by atoms with Gasteiger partial charge in [0.05, 0.1) is 16.8 Å². The van der Waals surface area contributed by atoms with Crippen LogP contribution in [-0.4, -0.2) is 27.1 Å². The number of nitrogens with zero attached hydrogens (tertiary/aromatic N) is 3. The number of nitrogens with one attached hydrogen (secondary N) is 1. The van der Waals surface area contributed by atoms with E-state index >= 15 is 0 Å². The van der Waals surface area contributed by atoms with E-state index in [0.717, 1.165) is 20.9 Å². The highest BCUT2D eigenvalue weighted by molar-refractivity contribution is 9.10. The molecule has 0 aliphatic heterocycles. The molecule has 6 nitrogen and oxygen atoms in total. The van der Waals surface area contributed by atoms with E-state index in [1.807, 2.05) is 19.9 Å². The van der Waals surface area contributed by atoms with Gasteiger partial charge in [0.2, 0.25) is 16.8 Å². The summed E-state index contributed by atoms with van der Waals surface area (Å²) >= 11 is 5.13. The van der Waals surface area contributed by atoms with E-state index in [1.165, 1.54) is 10.4 Å². The highest BCUT2D eigenvalue weighted by atomic mass is 79.9. The Kier molecular flexibility index (Phi) is 6.09. The van der Waals surface area contributed by atoms with Crippen molar-refractivity contribution in [3.63, 3.8) is 0 Å². The van der Waals surface area contributed by atoms with Gasteiger partial charge in [-0.25, -0.2) is 4.52 Å². The van der Waals surface area contributed by atoms with Crippen molar-refractivity contribution in [3.05, 3.63) is 38.8 Å². The second-order valence-electron chi connectivity index (χ2n) is 7.77. The smallest absolute Gasteiger partial charge is 0.250 e. The van der Waals surface area contributed by atoms with Crippen LogP contribution >= 0.6 is 27.3 Å². The van der Waals surface area contributed by atoms with Gasteiger partial charge in [0.25, 0.3) is 0 Å². The Bertz CT molecular complexity index is 1000. The molecular weight excluding hydrogens is 440 g/mol. The largest absolute Gasteiger partial charge is 0.492 e. The van der Waals surface area contributed by atoms with Crippen LogP contribution in [0, 0.1) is 13.8 Å². The number of benzene rings is 1. The molecule has 0 radical (unpaired) electrons. The normalized spacial score (nSPS) is 11.8. The summed E-state index contributed by atoms with van der Waals surface area (Å²) < 4.78 is 8.50. The number of rotatable bonds is 6. The van der Waals surface area contributed by atoms with Crippen molar-refractivity contribution in [2.75, 3.05) is 11.9 Å². The number of carbonyl (C=O) groups excluding carboxylic acids is 1. The first-order valence-corrected chi connectivity index (χ1v) is 10.8. The van der Waals surface area contributed by atoms with Crippen molar-refractivity contribution in [1.82, 2.24) is 14.6 Å². The van der Waals surface area contributed by atoms with Crippen LogP contribution in [0.2, 0.25) is 0 Å². The molecule has 1 N–H and O–H groups in total. The minimum absolute atomic E-state index is 0.0893. The van der Waals surface area contributed by atoms with Gasteiger partial charge in [-0.15, -0.1) is 5.10 Å². The van der Waals surface area contributed by atoms with Crippen molar-refractivity contribution < 1.29 is 9.53 Å². The molecule has 2 heterocycles.